The minimum Gasteiger partial charge on any atom is -0.288 e. The highest BCUT2D eigenvalue weighted by Gasteiger charge is 2.34. The van der Waals surface area contributed by atoms with E-state index in [0.29, 0.717) is 17.5 Å². The summed E-state index contributed by atoms with van der Waals surface area (Å²) in [5, 5.41) is 2.05. The van der Waals surface area contributed by atoms with Gasteiger partial charge in [0.25, 0.3) is 0 Å². The molecule has 1 aliphatic rings. The first kappa shape index (κ1) is 22.8. The van der Waals surface area contributed by atoms with Crippen molar-refractivity contribution in [3.05, 3.63) is 41.2 Å². The van der Waals surface area contributed by atoms with E-state index >= 15 is 0 Å². The zero-order valence-electron chi connectivity index (χ0n) is 18.1. The maximum Gasteiger partial charge on any atom is 0.129 e. The number of hydrogen-bond acceptors (Lipinski definition) is 3. The molecular weight excluding hydrogens is 349 g/mol. The second-order valence-corrected chi connectivity index (χ2v) is 8.05. The van der Waals surface area contributed by atoms with Gasteiger partial charge in [-0.25, -0.2) is 9.40 Å². The Hall–Kier alpha value is -1.52. The molecule has 2 rings (SSSR count). The molecule has 2 N–H and O–H groups in total. The number of allylic oxidation sites excluding steroid dienone is 1. The average molecular weight is 388 g/mol. The lowest BCUT2D eigenvalue weighted by molar-refractivity contribution is 0.105. The Labute approximate surface area is 170 Å². The fourth-order valence-corrected chi connectivity index (χ4v) is 4.45. The van der Waals surface area contributed by atoms with Crippen LogP contribution in [0, 0.1) is 11.7 Å². The summed E-state index contributed by atoms with van der Waals surface area (Å²) in [5.74, 6) is 6.86. The average Bonchev–Trinajstić information content (AvgIpc) is 2.68. The van der Waals surface area contributed by atoms with Crippen LogP contribution in [-0.2, 0) is 0 Å². The smallest absolute Gasteiger partial charge is 0.129 e. The van der Waals surface area contributed by atoms with Crippen LogP contribution < -0.4 is 5.84 Å². The molecule has 28 heavy (non-hydrogen) atoms. The molecule has 3 unspecified atom stereocenters. The molecule has 0 spiro atoms. The molecule has 3 atom stereocenters. The van der Waals surface area contributed by atoms with Crippen molar-refractivity contribution in [2.75, 3.05) is 0 Å². The minimum absolute atomic E-state index is 0.114. The third-order valence-corrected chi connectivity index (χ3v) is 5.84. The van der Waals surface area contributed by atoms with E-state index < -0.39 is 0 Å². The lowest BCUT2D eigenvalue weighted by Crippen LogP contribution is -2.53. The van der Waals surface area contributed by atoms with E-state index in [1.165, 1.54) is 0 Å². The van der Waals surface area contributed by atoms with Crippen LogP contribution in [0.15, 0.2) is 29.3 Å². The summed E-state index contributed by atoms with van der Waals surface area (Å²) in [7, 11) is 0. The van der Waals surface area contributed by atoms with Gasteiger partial charge in [-0.15, -0.1) is 0 Å². The van der Waals surface area contributed by atoms with Crippen LogP contribution in [0.1, 0.15) is 89.8 Å². The quantitative estimate of drug-likeness (QED) is 0.378. The Balaban J connectivity index is 2.23. The van der Waals surface area contributed by atoms with Crippen molar-refractivity contribution in [1.82, 2.24) is 5.01 Å². The molecule has 0 saturated heterocycles. The Morgan fingerprint density at radius 2 is 1.93 bits per heavy atom. The van der Waals surface area contributed by atoms with Gasteiger partial charge in [0.05, 0.1) is 12.1 Å². The van der Waals surface area contributed by atoms with E-state index in [2.05, 4.69) is 25.8 Å². The first-order chi connectivity index (χ1) is 13.5. The van der Waals surface area contributed by atoms with Crippen molar-refractivity contribution in [2.45, 2.75) is 90.8 Å². The van der Waals surface area contributed by atoms with E-state index in [1.807, 2.05) is 37.4 Å². The molecule has 4 heteroatoms. The van der Waals surface area contributed by atoms with Crippen molar-refractivity contribution in [3.8, 4) is 0 Å². The molecule has 0 radical (unpaired) electrons. The topological polar surface area (TPSA) is 41.6 Å². The summed E-state index contributed by atoms with van der Waals surface area (Å²) in [6, 6.07) is 5.90. The molecule has 0 aliphatic carbocycles. The standard InChI is InChI=1S/C24H38FN3/c1-5-9-18-13-14-21(22(25)15-18)23-16-19(10-6-2)24(17-27-23)28(26)20(11-7-3)12-8-4/h5,9,13-15,17,19-20,23-24H,6-8,10-12,16,26H2,1-4H3. The van der Waals surface area contributed by atoms with Gasteiger partial charge in [0.15, 0.2) is 0 Å². The normalized spacial score (nSPS) is 22.6. The van der Waals surface area contributed by atoms with Crippen molar-refractivity contribution >= 4 is 12.3 Å². The number of hydrazine groups is 1. The van der Waals surface area contributed by atoms with Crippen LogP contribution in [0.3, 0.4) is 0 Å². The van der Waals surface area contributed by atoms with Gasteiger partial charge in [-0.3, -0.25) is 10.8 Å². The summed E-state index contributed by atoms with van der Waals surface area (Å²) >= 11 is 0. The second kappa shape index (κ2) is 11.5. The zero-order chi connectivity index (χ0) is 20.5. The van der Waals surface area contributed by atoms with Crippen molar-refractivity contribution in [2.24, 2.45) is 16.8 Å². The highest BCUT2D eigenvalue weighted by Crippen LogP contribution is 2.36. The first-order valence-corrected chi connectivity index (χ1v) is 11.0. The van der Waals surface area contributed by atoms with E-state index in [9.17, 15) is 4.39 Å². The first-order valence-electron chi connectivity index (χ1n) is 11.0. The summed E-state index contributed by atoms with van der Waals surface area (Å²) < 4.78 is 14.7. The van der Waals surface area contributed by atoms with Crippen LogP contribution >= 0.6 is 0 Å². The molecule has 0 fully saturated rings. The van der Waals surface area contributed by atoms with Gasteiger partial charge in [-0.1, -0.05) is 64.3 Å². The predicted molar refractivity (Wildman–Crippen MR) is 119 cm³/mol. The van der Waals surface area contributed by atoms with E-state index in [0.717, 1.165) is 50.5 Å². The number of aliphatic imine (C=N–C) groups is 1. The molecule has 0 bridgehead atoms. The maximum absolute atomic E-state index is 14.7. The molecule has 1 aromatic rings. The molecular formula is C24H38FN3. The van der Waals surface area contributed by atoms with Crippen LogP contribution in [-0.4, -0.2) is 23.3 Å². The molecule has 156 valence electrons. The number of nitrogens with two attached hydrogens (primary N) is 1. The van der Waals surface area contributed by atoms with Crippen molar-refractivity contribution in [1.29, 1.82) is 0 Å². The van der Waals surface area contributed by atoms with Gasteiger partial charge >= 0.3 is 0 Å². The van der Waals surface area contributed by atoms with Crippen LogP contribution in [0.4, 0.5) is 4.39 Å². The Morgan fingerprint density at radius 1 is 1.21 bits per heavy atom. The van der Waals surface area contributed by atoms with Crippen molar-refractivity contribution in [3.63, 3.8) is 0 Å². The number of benzene rings is 1. The molecule has 1 aromatic carbocycles. The summed E-state index contributed by atoms with van der Waals surface area (Å²) in [6.07, 6.45) is 13.4. The van der Waals surface area contributed by atoms with Gasteiger partial charge in [-0.2, -0.15) is 0 Å². The molecule has 1 aliphatic heterocycles. The summed E-state index contributed by atoms with van der Waals surface area (Å²) in [4.78, 5) is 4.77. The third kappa shape index (κ3) is 5.74. The van der Waals surface area contributed by atoms with Crippen LogP contribution in [0.2, 0.25) is 0 Å². The number of halogens is 1. The number of nitrogens with zero attached hydrogens (tertiary/aromatic N) is 2. The number of hydrogen-bond donors (Lipinski definition) is 1. The van der Waals surface area contributed by atoms with E-state index in [1.54, 1.807) is 6.07 Å². The zero-order valence-corrected chi connectivity index (χ0v) is 18.1. The molecule has 0 saturated carbocycles. The van der Waals surface area contributed by atoms with Crippen molar-refractivity contribution < 1.29 is 4.39 Å². The summed E-state index contributed by atoms with van der Waals surface area (Å²) in [5.41, 5.74) is 1.59. The van der Waals surface area contributed by atoms with Gasteiger partial charge in [0.1, 0.15) is 5.82 Å². The third-order valence-electron chi connectivity index (χ3n) is 5.84. The molecule has 0 amide bonds. The fourth-order valence-electron chi connectivity index (χ4n) is 4.45. The SMILES string of the molecule is CC=Cc1ccc(C2CC(CCC)C(N(N)C(CCC)CCC)C=N2)c(F)c1. The molecule has 3 nitrogen and oxygen atoms in total. The lowest BCUT2D eigenvalue weighted by atomic mass is 9.83. The predicted octanol–water partition coefficient (Wildman–Crippen LogP) is 6.30. The minimum atomic E-state index is -0.161. The lowest BCUT2D eigenvalue weighted by Gasteiger charge is -2.40. The van der Waals surface area contributed by atoms with Crippen LogP contribution in [0.5, 0.6) is 0 Å². The maximum atomic E-state index is 14.7. The van der Waals surface area contributed by atoms with E-state index in [-0.39, 0.29) is 17.9 Å². The Bertz CT molecular complexity index is 649. The summed E-state index contributed by atoms with van der Waals surface area (Å²) in [6.45, 7) is 8.58. The number of rotatable bonds is 10. The Morgan fingerprint density at radius 3 is 2.50 bits per heavy atom. The molecule has 1 heterocycles. The van der Waals surface area contributed by atoms with Gasteiger partial charge < -0.3 is 0 Å². The van der Waals surface area contributed by atoms with E-state index in [4.69, 9.17) is 10.8 Å². The monoisotopic (exact) mass is 387 g/mol. The highest BCUT2D eigenvalue weighted by molar-refractivity contribution is 5.66. The largest absolute Gasteiger partial charge is 0.288 e. The van der Waals surface area contributed by atoms with Gasteiger partial charge in [0, 0.05) is 17.8 Å². The fraction of sp³-hybridized carbons (Fsp3) is 0.625. The second-order valence-electron chi connectivity index (χ2n) is 8.05. The van der Waals surface area contributed by atoms with Gasteiger partial charge in [0.2, 0.25) is 0 Å². The Kier molecular flexibility index (Phi) is 9.33. The molecule has 0 aromatic heterocycles. The highest BCUT2D eigenvalue weighted by atomic mass is 19.1. The van der Waals surface area contributed by atoms with Gasteiger partial charge in [-0.05, 0) is 50.2 Å². The van der Waals surface area contributed by atoms with Crippen LogP contribution in [0.25, 0.3) is 6.08 Å².